The van der Waals surface area contributed by atoms with Gasteiger partial charge in [-0.25, -0.2) is 9.59 Å². The number of methoxy groups -OCH3 is 1. The topological polar surface area (TPSA) is 93.7 Å². The van der Waals surface area contributed by atoms with Crippen molar-refractivity contribution in [3.05, 3.63) is 12.2 Å². The molecule has 218 valence electrons. The van der Waals surface area contributed by atoms with Crippen molar-refractivity contribution in [1.29, 1.82) is 0 Å². The van der Waals surface area contributed by atoms with E-state index in [1.54, 1.807) is 0 Å². The SMILES string of the molecule is COC(=O)C1(NC(=O)C(C#CC(C)C)C2(/C=C/C(C)C)CC2CCC2CC2)CC1CCNC(=O)OC(C)(C)C. The summed E-state index contributed by atoms with van der Waals surface area (Å²) in [7, 11) is 1.35. The number of allylic oxidation sites excluding steroid dienone is 2. The molecule has 3 aliphatic rings. The highest BCUT2D eigenvalue weighted by molar-refractivity contribution is 5.93. The van der Waals surface area contributed by atoms with Gasteiger partial charge in [-0.05, 0) is 70.1 Å². The van der Waals surface area contributed by atoms with Crippen LogP contribution in [0, 0.1) is 52.8 Å². The molecule has 3 fully saturated rings. The van der Waals surface area contributed by atoms with E-state index in [0.29, 0.717) is 31.2 Å². The fourth-order valence-corrected chi connectivity index (χ4v) is 5.57. The Morgan fingerprint density at radius 1 is 1.00 bits per heavy atom. The van der Waals surface area contributed by atoms with Crippen molar-refractivity contribution < 1.29 is 23.9 Å². The van der Waals surface area contributed by atoms with Gasteiger partial charge in [0.15, 0.2) is 0 Å². The first-order chi connectivity index (χ1) is 18.2. The molecular weight excluding hydrogens is 492 g/mol. The zero-order valence-electron chi connectivity index (χ0n) is 25.3. The summed E-state index contributed by atoms with van der Waals surface area (Å²) in [6, 6.07) is 0. The summed E-state index contributed by atoms with van der Waals surface area (Å²) in [6.45, 7) is 14.1. The lowest BCUT2D eigenvalue weighted by Crippen LogP contribution is -2.49. The van der Waals surface area contributed by atoms with Crippen LogP contribution in [0.5, 0.6) is 0 Å². The monoisotopic (exact) mass is 542 g/mol. The summed E-state index contributed by atoms with van der Waals surface area (Å²) < 4.78 is 10.4. The lowest BCUT2D eigenvalue weighted by Gasteiger charge is -2.25. The van der Waals surface area contributed by atoms with Crippen molar-refractivity contribution in [2.24, 2.45) is 40.9 Å². The zero-order valence-corrected chi connectivity index (χ0v) is 25.3. The van der Waals surface area contributed by atoms with Crippen LogP contribution in [-0.4, -0.2) is 42.8 Å². The van der Waals surface area contributed by atoms with Crippen molar-refractivity contribution in [3.63, 3.8) is 0 Å². The molecule has 0 saturated heterocycles. The van der Waals surface area contributed by atoms with Gasteiger partial charge < -0.3 is 20.1 Å². The smallest absolute Gasteiger partial charge is 0.407 e. The van der Waals surface area contributed by atoms with Crippen molar-refractivity contribution >= 4 is 18.0 Å². The molecular formula is C32H50N2O5. The van der Waals surface area contributed by atoms with Crippen LogP contribution in [0.4, 0.5) is 4.79 Å². The Morgan fingerprint density at radius 3 is 2.26 bits per heavy atom. The van der Waals surface area contributed by atoms with Gasteiger partial charge >= 0.3 is 12.1 Å². The molecule has 7 heteroatoms. The fraction of sp³-hybridized carbons (Fsp3) is 0.781. The molecule has 0 aliphatic heterocycles. The van der Waals surface area contributed by atoms with E-state index in [2.05, 4.69) is 48.5 Å². The van der Waals surface area contributed by atoms with Crippen molar-refractivity contribution in [2.75, 3.05) is 13.7 Å². The standard InChI is InChI=1S/C32H50N2O5/c1-21(2)9-14-26(31(17-15-22(3)4)19-24(31)13-12-23-10-11-23)27(35)34-32(28(36)38-8)20-25(32)16-18-33-29(37)39-30(5,6)7/h15,17,21-26H,10-13,16,18-20H2,1-8H3,(H,33,37)(H,34,35)/b17-15+. The summed E-state index contributed by atoms with van der Waals surface area (Å²) in [6.07, 6.45) is 10.9. The molecule has 0 aromatic rings. The highest BCUT2D eigenvalue weighted by Crippen LogP contribution is 2.62. The minimum absolute atomic E-state index is 0.130. The van der Waals surface area contributed by atoms with Gasteiger partial charge in [-0.1, -0.05) is 71.0 Å². The molecule has 2 N–H and O–H groups in total. The second-order valence-corrected chi connectivity index (χ2v) is 13.6. The van der Waals surface area contributed by atoms with E-state index in [-0.39, 0.29) is 23.2 Å². The summed E-state index contributed by atoms with van der Waals surface area (Å²) >= 11 is 0. The van der Waals surface area contributed by atoms with Crippen LogP contribution < -0.4 is 10.6 Å². The Kier molecular flexibility index (Phi) is 9.83. The van der Waals surface area contributed by atoms with E-state index >= 15 is 0 Å². The third-order valence-corrected chi connectivity index (χ3v) is 8.09. The molecule has 3 rings (SSSR count). The minimum atomic E-state index is -1.08. The number of esters is 1. The third kappa shape index (κ3) is 8.50. The van der Waals surface area contributed by atoms with E-state index in [9.17, 15) is 14.4 Å². The normalized spacial score (nSPS) is 28.5. The van der Waals surface area contributed by atoms with E-state index in [1.807, 2.05) is 34.6 Å². The van der Waals surface area contributed by atoms with Crippen LogP contribution in [0.25, 0.3) is 0 Å². The average Bonchev–Trinajstić information content (AvgIpc) is 3.72. The first-order valence-corrected chi connectivity index (χ1v) is 14.8. The Labute approximate surface area is 235 Å². The van der Waals surface area contributed by atoms with Gasteiger partial charge in [0.1, 0.15) is 17.1 Å². The quantitative estimate of drug-likeness (QED) is 0.189. The number of carbonyl (C=O) groups is 3. The van der Waals surface area contributed by atoms with Gasteiger partial charge in [-0.3, -0.25) is 4.79 Å². The predicted octanol–water partition coefficient (Wildman–Crippen LogP) is 5.63. The molecule has 0 bridgehead atoms. The number of carbonyl (C=O) groups excluding carboxylic acids is 3. The third-order valence-electron chi connectivity index (χ3n) is 8.09. The predicted molar refractivity (Wildman–Crippen MR) is 152 cm³/mol. The van der Waals surface area contributed by atoms with Gasteiger partial charge in [0.2, 0.25) is 5.91 Å². The second-order valence-electron chi connectivity index (χ2n) is 13.6. The highest BCUT2D eigenvalue weighted by Gasteiger charge is 2.64. The number of hydrogen-bond acceptors (Lipinski definition) is 5. The van der Waals surface area contributed by atoms with Crippen LogP contribution in [0.2, 0.25) is 0 Å². The van der Waals surface area contributed by atoms with Crippen LogP contribution in [0.3, 0.4) is 0 Å². The van der Waals surface area contributed by atoms with Crippen LogP contribution >= 0.6 is 0 Å². The molecule has 0 heterocycles. The maximum Gasteiger partial charge on any atom is 0.407 e. The Morgan fingerprint density at radius 2 is 1.69 bits per heavy atom. The number of hydrogen-bond donors (Lipinski definition) is 2. The van der Waals surface area contributed by atoms with Gasteiger partial charge in [-0.15, -0.1) is 0 Å². The Hall–Kier alpha value is -2.49. The van der Waals surface area contributed by atoms with Crippen molar-refractivity contribution in [2.45, 2.75) is 105 Å². The van der Waals surface area contributed by atoms with Gasteiger partial charge in [0, 0.05) is 17.9 Å². The van der Waals surface area contributed by atoms with E-state index in [1.165, 1.54) is 26.4 Å². The molecule has 3 aliphatic carbocycles. The van der Waals surface area contributed by atoms with E-state index in [4.69, 9.17) is 9.47 Å². The van der Waals surface area contributed by atoms with Gasteiger partial charge in [-0.2, -0.15) is 0 Å². The molecule has 39 heavy (non-hydrogen) atoms. The van der Waals surface area contributed by atoms with Crippen LogP contribution in [-0.2, 0) is 19.1 Å². The number of ether oxygens (including phenoxy) is 2. The highest BCUT2D eigenvalue weighted by atomic mass is 16.6. The number of rotatable bonds is 12. The fourth-order valence-electron chi connectivity index (χ4n) is 5.57. The van der Waals surface area contributed by atoms with E-state index < -0.39 is 29.1 Å². The molecule has 3 saturated carbocycles. The first kappa shape index (κ1) is 31.0. The summed E-state index contributed by atoms with van der Waals surface area (Å²) in [5, 5.41) is 5.86. The molecule has 7 nitrogen and oxygen atoms in total. The lowest BCUT2D eigenvalue weighted by molar-refractivity contribution is -0.147. The average molecular weight is 543 g/mol. The largest absolute Gasteiger partial charge is 0.467 e. The summed E-state index contributed by atoms with van der Waals surface area (Å²) in [5.41, 5.74) is -1.97. The number of alkyl carbamates (subject to hydrolysis) is 1. The van der Waals surface area contributed by atoms with Crippen LogP contribution in [0.15, 0.2) is 12.2 Å². The molecule has 0 radical (unpaired) electrons. The first-order valence-electron chi connectivity index (χ1n) is 14.8. The van der Waals surface area contributed by atoms with Gasteiger partial charge in [0.25, 0.3) is 0 Å². The molecule has 0 aromatic heterocycles. The molecule has 5 unspecified atom stereocenters. The summed E-state index contributed by atoms with van der Waals surface area (Å²) in [5.74, 6) is 7.09. The number of amides is 2. The Balaban J connectivity index is 1.75. The molecule has 0 aromatic carbocycles. The van der Waals surface area contributed by atoms with E-state index in [0.717, 1.165) is 18.8 Å². The lowest BCUT2D eigenvalue weighted by atomic mass is 9.83. The minimum Gasteiger partial charge on any atom is -0.467 e. The summed E-state index contributed by atoms with van der Waals surface area (Å²) in [4.78, 5) is 39.0. The van der Waals surface area contributed by atoms with Crippen LogP contribution in [0.1, 0.15) is 93.4 Å². The second kappa shape index (κ2) is 12.4. The Bertz CT molecular complexity index is 996. The number of nitrogens with one attached hydrogen (secondary N) is 2. The maximum absolute atomic E-state index is 14.0. The molecule has 2 amide bonds. The van der Waals surface area contributed by atoms with Gasteiger partial charge in [0.05, 0.1) is 7.11 Å². The van der Waals surface area contributed by atoms with Crippen molar-refractivity contribution in [1.82, 2.24) is 10.6 Å². The molecule has 0 spiro atoms. The van der Waals surface area contributed by atoms with Crippen molar-refractivity contribution in [3.8, 4) is 11.8 Å². The molecule has 5 atom stereocenters. The zero-order chi connectivity index (χ0) is 29.0. The maximum atomic E-state index is 14.0.